The van der Waals surface area contributed by atoms with Crippen molar-refractivity contribution < 1.29 is 19.2 Å². The topological polar surface area (TPSA) is 52.0 Å². The number of benzene rings is 2. The first-order valence-electron chi connectivity index (χ1n) is 10.2. The number of hydrogen-bond donors (Lipinski definition) is 2. The standard InChI is InChI=1S/C23H30N2O3/c1-4-27-21-13-19-11-12-25(15-20(19)14-22(21)28-5-2)16-23(26)24-17(3)18-9-7-6-8-10-18/h6-10,13-14,17H,4-5,11-12,15-16H2,1-3H3,(H,24,26)/p+1/t17-/m0/s1. The van der Waals surface area contributed by atoms with Crippen LogP contribution in [0.25, 0.3) is 0 Å². The second-order valence-electron chi connectivity index (χ2n) is 7.24. The summed E-state index contributed by atoms with van der Waals surface area (Å²) in [5.41, 5.74) is 3.67. The fourth-order valence-corrected chi connectivity index (χ4v) is 3.74. The first-order valence-corrected chi connectivity index (χ1v) is 10.2. The molecule has 1 aliphatic heterocycles. The molecular weight excluding hydrogens is 352 g/mol. The van der Waals surface area contributed by atoms with E-state index < -0.39 is 0 Å². The third kappa shape index (κ3) is 5.04. The maximum atomic E-state index is 12.5. The van der Waals surface area contributed by atoms with Crippen LogP contribution in [-0.4, -0.2) is 32.2 Å². The number of ether oxygens (including phenoxy) is 2. The van der Waals surface area contributed by atoms with E-state index in [9.17, 15) is 4.79 Å². The van der Waals surface area contributed by atoms with Crippen LogP contribution in [0.3, 0.4) is 0 Å². The minimum absolute atomic E-state index is 0.0171. The van der Waals surface area contributed by atoms with Gasteiger partial charge in [0.1, 0.15) is 6.54 Å². The number of quaternary nitrogens is 1. The van der Waals surface area contributed by atoms with Gasteiger partial charge in [0.2, 0.25) is 0 Å². The zero-order chi connectivity index (χ0) is 19.9. The molecule has 1 amide bonds. The van der Waals surface area contributed by atoms with Crippen LogP contribution in [0.1, 0.15) is 43.5 Å². The molecule has 0 radical (unpaired) electrons. The highest BCUT2D eigenvalue weighted by Gasteiger charge is 2.24. The predicted molar refractivity (Wildman–Crippen MR) is 110 cm³/mol. The maximum Gasteiger partial charge on any atom is 0.275 e. The first-order chi connectivity index (χ1) is 13.6. The summed E-state index contributed by atoms with van der Waals surface area (Å²) in [7, 11) is 0. The Morgan fingerprint density at radius 3 is 2.36 bits per heavy atom. The van der Waals surface area contributed by atoms with Gasteiger partial charge in [-0.1, -0.05) is 30.3 Å². The van der Waals surface area contributed by atoms with E-state index in [0.29, 0.717) is 19.8 Å². The molecule has 0 bridgehead atoms. The molecule has 0 aromatic heterocycles. The molecular formula is C23H31N2O3+. The number of carbonyl (C=O) groups is 1. The molecule has 150 valence electrons. The molecule has 0 saturated carbocycles. The van der Waals surface area contributed by atoms with Crippen LogP contribution in [0.15, 0.2) is 42.5 Å². The molecule has 0 spiro atoms. The molecule has 2 aromatic carbocycles. The smallest absolute Gasteiger partial charge is 0.275 e. The zero-order valence-corrected chi connectivity index (χ0v) is 17.1. The largest absolute Gasteiger partial charge is 0.490 e. The van der Waals surface area contributed by atoms with E-state index in [1.165, 1.54) is 16.0 Å². The van der Waals surface area contributed by atoms with Crippen molar-refractivity contribution in [1.29, 1.82) is 0 Å². The Hall–Kier alpha value is -2.53. The van der Waals surface area contributed by atoms with Crippen molar-refractivity contribution in [1.82, 2.24) is 5.32 Å². The third-order valence-corrected chi connectivity index (χ3v) is 5.14. The molecule has 2 atom stereocenters. The Bertz CT molecular complexity index is 792. The lowest BCUT2D eigenvalue weighted by atomic mass is 9.98. The minimum atomic E-state index is 0.0171. The summed E-state index contributed by atoms with van der Waals surface area (Å²) < 4.78 is 11.5. The van der Waals surface area contributed by atoms with E-state index in [0.717, 1.165) is 36.6 Å². The van der Waals surface area contributed by atoms with Gasteiger partial charge in [-0.2, -0.15) is 0 Å². The molecule has 5 nitrogen and oxygen atoms in total. The highest BCUT2D eigenvalue weighted by Crippen LogP contribution is 2.32. The number of nitrogens with one attached hydrogen (secondary N) is 2. The minimum Gasteiger partial charge on any atom is -0.490 e. The van der Waals surface area contributed by atoms with Crippen molar-refractivity contribution in [2.45, 2.75) is 39.8 Å². The maximum absolute atomic E-state index is 12.5. The van der Waals surface area contributed by atoms with Crippen molar-refractivity contribution in [3.8, 4) is 11.5 Å². The number of hydrogen-bond acceptors (Lipinski definition) is 3. The van der Waals surface area contributed by atoms with Crippen molar-refractivity contribution in [3.63, 3.8) is 0 Å². The Kier molecular flexibility index (Phi) is 6.93. The molecule has 1 heterocycles. The van der Waals surface area contributed by atoms with Crippen LogP contribution in [-0.2, 0) is 17.8 Å². The molecule has 28 heavy (non-hydrogen) atoms. The molecule has 0 aliphatic carbocycles. The summed E-state index contributed by atoms with van der Waals surface area (Å²) in [5.74, 6) is 1.71. The lowest BCUT2D eigenvalue weighted by molar-refractivity contribution is -0.908. The Labute approximate surface area is 167 Å². The van der Waals surface area contributed by atoms with Crippen molar-refractivity contribution in [2.75, 3.05) is 26.3 Å². The summed E-state index contributed by atoms with van der Waals surface area (Å²) in [6.45, 7) is 9.46. The van der Waals surface area contributed by atoms with Gasteiger partial charge in [0.05, 0.1) is 25.8 Å². The number of rotatable bonds is 8. The Balaban J connectivity index is 1.62. The van der Waals surface area contributed by atoms with Crippen LogP contribution in [0.2, 0.25) is 0 Å². The van der Waals surface area contributed by atoms with Gasteiger partial charge >= 0.3 is 0 Å². The summed E-state index contributed by atoms with van der Waals surface area (Å²) >= 11 is 0. The zero-order valence-electron chi connectivity index (χ0n) is 17.1. The van der Waals surface area contributed by atoms with Gasteiger partial charge in [-0.25, -0.2) is 0 Å². The summed E-state index contributed by atoms with van der Waals surface area (Å²) in [6, 6.07) is 14.3. The lowest BCUT2D eigenvalue weighted by Crippen LogP contribution is -3.12. The molecule has 3 rings (SSSR count). The summed E-state index contributed by atoms with van der Waals surface area (Å²) in [5, 5.41) is 3.12. The molecule has 0 saturated heterocycles. The van der Waals surface area contributed by atoms with Crippen LogP contribution in [0.4, 0.5) is 0 Å². The van der Waals surface area contributed by atoms with E-state index in [-0.39, 0.29) is 11.9 Å². The van der Waals surface area contributed by atoms with Crippen LogP contribution in [0, 0.1) is 0 Å². The quantitative estimate of drug-likeness (QED) is 0.736. The van der Waals surface area contributed by atoms with E-state index >= 15 is 0 Å². The first kappa shape index (κ1) is 20.2. The van der Waals surface area contributed by atoms with Gasteiger partial charge in [0.15, 0.2) is 18.0 Å². The van der Waals surface area contributed by atoms with Gasteiger partial charge < -0.3 is 19.7 Å². The lowest BCUT2D eigenvalue weighted by Gasteiger charge is -2.27. The Morgan fingerprint density at radius 2 is 1.71 bits per heavy atom. The van der Waals surface area contributed by atoms with E-state index in [2.05, 4.69) is 17.4 Å². The van der Waals surface area contributed by atoms with Crippen LogP contribution < -0.4 is 19.7 Å². The van der Waals surface area contributed by atoms with Crippen molar-refractivity contribution >= 4 is 5.91 Å². The number of fused-ring (bicyclic) bond motifs is 1. The third-order valence-electron chi connectivity index (χ3n) is 5.14. The SMILES string of the molecule is CCOc1cc2c(cc1OCC)C[NH+](CC(=O)N[C@@H](C)c1ccccc1)CC2. The molecule has 2 aromatic rings. The Morgan fingerprint density at radius 1 is 1.07 bits per heavy atom. The number of carbonyl (C=O) groups excluding carboxylic acids is 1. The van der Waals surface area contributed by atoms with E-state index in [1.807, 2.05) is 51.1 Å². The predicted octanol–water partition coefficient (Wildman–Crippen LogP) is 2.30. The summed E-state index contributed by atoms with van der Waals surface area (Å²) in [4.78, 5) is 13.8. The summed E-state index contributed by atoms with van der Waals surface area (Å²) in [6.07, 6.45) is 0.943. The fourth-order valence-electron chi connectivity index (χ4n) is 3.74. The van der Waals surface area contributed by atoms with Gasteiger partial charge in [0, 0.05) is 12.0 Å². The van der Waals surface area contributed by atoms with Gasteiger partial charge in [-0.15, -0.1) is 0 Å². The molecule has 0 fully saturated rings. The second kappa shape index (κ2) is 9.60. The average molecular weight is 384 g/mol. The monoisotopic (exact) mass is 383 g/mol. The highest BCUT2D eigenvalue weighted by molar-refractivity contribution is 5.77. The fraction of sp³-hybridized carbons (Fsp3) is 0.435. The van der Waals surface area contributed by atoms with Gasteiger partial charge in [-0.05, 0) is 44.0 Å². The van der Waals surface area contributed by atoms with Crippen LogP contribution in [0.5, 0.6) is 11.5 Å². The normalized spacial score (nSPS) is 16.8. The molecule has 1 aliphatic rings. The molecule has 5 heteroatoms. The average Bonchev–Trinajstić information content (AvgIpc) is 2.69. The van der Waals surface area contributed by atoms with E-state index in [4.69, 9.17) is 9.47 Å². The van der Waals surface area contributed by atoms with Crippen LogP contribution >= 0.6 is 0 Å². The number of amides is 1. The second-order valence-corrected chi connectivity index (χ2v) is 7.24. The molecule has 1 unspecified atom stereocenters. The van der Waals surface area contributed by atoms with Crippen molar-refractivity contribution in [2.24, 2.45) is 0 Å². The van der Waals surface area contributed by atoms with Crippen molar-refractivity contribution in [3.05, 3.63) is 59.2 Å². The highest BCUT2D eigenvalue weighted by atomic mass is 16.5. The van der Waals surface area contributed by atoms with Gasteiger partial charge in [0.25, 0.3) is 5.91 Å². The van der Waals surface area contributed by atoms with E-state index in [1.54, 1.807) is 0 Å². The van der Waals surface area contributed by atoms with Gasteiger partial charge in [-0.3, -0.25) is 4.79 Å². The molecule has 2 N–H and O–H groups in total.